The molecule has 0 saturated heterocycles. The zero-order valence-corrected chi connectivity index (χ0v) is 17.2. The highest BCUT2D eigenvalue weighted by atomic mass is 19.1. The van der Waals surface area contributed by atoms with Crippen LogP contribution in [-0.2, 0) is 17.9 Å². The first-order valence-corrected chi connectivity index (χ1v) is 10.4. The summed E-state index contributed by atoms with van der Waals surface area (Å²) in [6, 6.07) is 15.3. The van der Waals surface area contributed by atoms with Crippen molar-refractivity contribution in [3.63, 3.8) is 0 Å². The number of benzene rings is 2. The van der Waals surface area contributed by atoms with Crippen LogP contribution in [0.15, 0.2) is 48.5 Å². The average Bonchev–Trinajstić information content (AvgIpc) is 2.85. The highest BCUT2D eigenvalue weighted by molar-refractivity contribution is 5.73. The number of rotatable bonds is 3. The van der Waals surface area contributed by atoms with Gasteiger partial charge in [0.15, 0.2) is 0 Å². The van der Waals surface area contributed by atoms with Crippen molar-refractivity contribution in [2.45, 2.75) is 57.3 Å². The van der Waals surface area contributed by atoms with Crippen molar-refractivity contribution in [1.29, 1.82) is 0 Å². The Kier molecular flexibility index (Phi) is 5.59. The van der Waals surface area contributed by atoms with Crippen LogP contribution in [0.2, 0.25) is 0 Å². The first-order chi connectivity index (χ1) is 13.9. The second-order valence-corrected chi connectivity index (χ2v) is 8.54. The number of ether oxygens (including phenoxy) is 1. The van der Waals surface area contributed by atoms with E-state index in [0.717, 1.165) is 49.1 Å². The summed E-state index contributed by atoms with van der Waals surface area (Å²) >= 11 is 0. The molecular formula is C24H29FN2O2. The lowest BCUT2D eigenvalue weighted by molar-refractivity contribution is -0.132. The summed E-state index contributed by atoms with van der Waals surface area (Å²) in [4.78, 5) is 16.5. The number of nitrogens with zero attached hydrogens (tertiary/aromatic N) is 2. The van der Waals surface area contributed by atoms with Gasteiger partial charge in [-0.15, -0.1) is 0 Å². The van der Waals surface area contributed by atoms with Crippen molar-refractivity contribution in [1.82, 2.24) is 9.80 Å². The Morgan fingerprint density at radius 1 is 1.21 bits per heavy atom. The quantitative estimate of drug-likeness (QED) is 0.772. The molecule has 1 aliphatic carbocycles. The molecular weight excluding hydrogens is 367 g/mol. The first-order valence-electron chi connectivity index (χ1n) is 10.4. The third-order valence-electron chi connectivity index (χ3n) is 6.40. The van der Waals surface area contributed by atoms with E-state index in [1.807, 2.05) is 35.2 Å². The van der Waals surface area contributed by atoms with Gasteiger partial charge >= 0.3 is 0 Å². The fourth-order valence-corrected chi connectivity index (χ4v) is 4.71. The second kappa shape index (κ2) is 8.15. The number of carbonyl (C=O) groups excluding carboxylic acids is 1. The fourth-order valence-electron chi connectivity index (χ4n) is 4.71. The van der Waals surface area contributed by atoms with Crippen molar-refractivity contribution in [2.75, 3.05) is 13.6 Å². The summed E-state index contributed by atoms with van der Waals surface area (Å²) in [6.07, 6.45) is 3.81. The van der Waals surface area contributed by atoms with Gasteiger partial charge in [-0.25, -0.2) is 4.39 Å². The molecule has 29 heavy (non-hydrogen) atoms. The van der Waals surface area contributed by atoms with Gasteiger partial charge in [-0.1, -0.05) is 30.3 Å². The standard InChI is InChI=1S/C24H29FN2O2/c1-18(28)27-16-20-7-3-4-9-23(20)29-24(17-27)12-10-22(11-13-24)26(2)15-19-6-5-8-21(25)14-19/h3-9,14,22H,10-13,15-17H2,1-2H3. The summed E-state index contributed by atoms with van der Waals surface area (Å²) in [5, 5.41) is 0. The molecule has 1 aliphatic heterocycles. The molecule has 0 N–H and O–H groups in total. The minimum absolute atomic E-state index is 0.0926. The normalized spacial score (nSPS) is 24.1. The van der Waals surface area contributed by atoms with Gasteiger partial charge in [-0.2, -0.15) is 0 Å². The molecule has 0 unspecified atom stereocenters. The Hall–Kier alpha value is -2.40. The smallest absolute Gasteiger partial charge is 0.219 e. The number of para-hydroxylation sites is 1. The fraction of sp³-hybridized carbons (Fsp3) is 0.458. The van der Waals surface area contributed by atoms with E-state index in [-0.39, 0.29) is 17.3 Å². The van der Waals surface area contributed by atoms with Crippen LogP contribution in [0.3, 0.4) is 0 Å². The van der Waals surface area contributed by atoms with Gasteiger partial charge in [0.1, 0.15) is 17.2 Å². The minimum atomic E-state index is -0.325. The van der Waals surface area contributed by atoms with Crippen LogP contribution in [0.1, 0.15) is 43.7 Å². The van der Waals surface area contributed by atoms with Crippen LogP contribution in [0.4, 0.5) is 4.39 Å². The van der Waals surface area contributed by atoms with Gasteiger partial charge in [0.25, 0.3) is 0 Å². The van der Waals surface area contributed by atoms with Crippen molar-refractivity contribution < 1.29 is 13.9 Å². The predicted octanol–water partition coefficient (Wildman–Crippen LogP) is 4.38. The van der Waals surface area contributed by atoms with Crippen molar-refractivity contribution >= 4 is 5.91 Å². The van der Waals surface area contributed by atoms with Crippen molar-refractivity contribution in [2.24, 2.45) is 0 Å². The molecule has 1 heterocycles. The number of hydrogen-bond donors (Lipinski definition) is 0. The Balaban J connectivity index is 1.46. The Labute approximate surface area is 172 Å². The van der Waals surface area contributed by atoms with E-state index in [4.69, 9.17) is 4.74 Å². The van der Waals surface area contributed by atoms with Crippen molar-refractivity contribution in [3.05, 3.63) is 65.5 Å². The Bertz CT molecular complexity index is 877. The summed E-state index contributed by atoms with van der Waals surface area (Å²) < 4.78 is 20.1. The van der Waals surface area contributed by atoms with Gasteiger partial charge in [-0.3, -0.25) is 9.69 Å². The van der Waals surface area contributed by atoms with E-state index in [0.29, 0.717) is 19.1 Å². The first kappa shape index (κ1) is 19.9. The molecule has 1 spiro atoms. The van der Waals surface area contributed by atoms with Gasteiger partial charge in [0, 0.05) is 31.6 Å². The average molecular weight is 397 g/mol. The molecule has 2 aromatic carbocycles. The molecule has 0 aromatic heterocycles. The van der Waals surface area contributed by atoms with Gasteiger partial charge in [0.05, 0.1) is 6.54 Å². The zero-order valence-electron chi connectivity index (χ0n) is 17.2. The van der Waals surface area contributed by atoms with E-state index in [1.165, 1.54) is 6.07 Å². The summed E-state index contributed by atoms with van der Waals surface area (Å²) in [7, 11) is 2.11. The lowest BCUT2D eigenvalue weighted by Crippen LogP contribution is -2.51. The molecule has 1 saturated carbocycles. The van der Waals surface area contributed by atoms with Gasteiger partial charge in [0.2, 0.25) is 5.91 Å². The largest absolute Gasteiger partial charge is 0.485 e. The molecule has 1 fully saturated rings. The number of carbonyl (C=O) groups is 1. The molecule has 2 aromatic rings. The number of fused-ring (bicyclic) bond motifs is 1. The maximum absolute atomic E-state index is 13.5. The highest BCUT2D eigenvalue weighted by Crippen LogP contribution is 2.39. The molecule has 2 aliphatic rings. The van der Waals surface area contributed by atoms with Crippen molar-refractivity contribution in [3.8, 4) is 5.75 Å². The molecule has 154 valence electrons. The third kappa shape index (κ3) is 4.45. The van der Waals surface area contributed by atoms with Crippen LogP contribution in [0.25, 0.3) is 0 Å². The molecule has 0 radical (unpaired) electrons. The van der Waals surface area contributed by atoms with E-state index >= 15 is 0 Å². The Morgan fingerprint density at radius 3 is 2.69 bits per heavy atom. The maximum Gasteiger partial charge on any atom is 0.219 e. The highest BCUT2D eigenvalue weighted by Gasteiger charge is 2.42. The Morgan fingerprint density at radius 2 is 1.97 bits per heavy atom. The SMILES string of the molecule is CC(=O)N1Cc2ccccc2OC2(CCC(N(C)Cc3cccc(F)c3)CC2)C1. The topological polar surface area (TPSA) is 32.8 Å². The molecule has 0 bridgehead atoms. The maximum atomic E-state index is 13.5. The number of amides is 1. The lowest BCUT2D eigenvalue weighted by atomic mass is 9.81. The molecule has 4 nitrogen and oxygen atoms in total. The molecule has 4 rings (SSSR count). The third-order valence-corrected chi connectivity index (χ3v) is 6.40. The predicted molar refractivity (Wildman–Crippen MR) is 111 cm³/mol. The number of hydrogen-bond acceptors (Lipinski definition) is 3. The monoisotopic (exact) mass is 396 g/mol. The lowest BCUT2D eigenvalue weighted by Gasteiger charge is -2.43. The summed E-state index contributed by atoms with van der Waals surface area (Å²) in [5.74, 6) is 0.811. The van der Waals surface area contributed by atoms with Crippen LogP contribution in [0.5, 0.6) is 5.75 Å². The molecule has 1 amide bonds. The van der Waals surface area contributed by atoms with E-state index in [9.17, 15) is 9.18 Å². The number of halogens is 1. The van der Waals surface area contributed by atoms with Crippen LogP contribution < -0.4 is 4.74 Å². The van der Waals surface area contributed by atoms with Crippen LogP contribution in [-0.4, -0.2) is 40.9 Å². The van der Waals surface area contributed by atoms with Crippen LogP contribution in [0, 0.1) is 5.82 Å². The van der Waals surface area contributed by atoms with E-state index in [2.05, 4.69) is 11.9 Å². The van der Waals surface area contributed by atoms with Crippen LogP contribution >= 0.6 is 0 Å². The molecule has 0 atom stereocenters. The van der Waals surface area contributed by atoms with Gasteiger partial charge < -0.3 is 9.64 Å². The zero-order chi connectivity index (χ0) is 20.4. The minimum Gasteiger partial charge on any atom is -0.485 e. The van der Waals surface area contributed by atoms with Gasteiger partial charge in [-0.05, 0) is 56.5 Å². The van der Waals surface area contributed by atoms with E-state index < -0.39 is 0 Å². The van der Waals surface area contributed by atoms with E-state index in [1.54, 1.807) is 19.1 Å². The molecule has 5 heteroatoms. The second-order valence-electron chi connectivity index (χ2n) is 8.54. The summed E-state index contributed by atoms with van der Waals surface area (Å²) in [6.45, 7) is 3.62. The summed E-state index contributed by atoms with van der Waals surface area (Å²) in [5.41, 5.74) is 1.74.